The minimum atomic E-state index is -3.83. The summed E-state index contributed by atoms with van der Waals surface area (Å²) in [5, 5.41) is 0.568. The molecule has 2 aromatic heterocycles. The summed E-state index contributed by atoms with van der Waals surface area (Å²) in [6.45, 7) is 1.88. The zero-order valence-corrected chi connectivity index (χ0v) is 14.3. The van der Waals surface area contributed by atoms with Gasteiger partial charge in [0, 0.05) is 29.3 Å². The maximum atomic E-state index is 12.8. The van der Waals surface area contributed by atoms with Gasteiger partial charge in [-0.25, -0.2) is 12.4 Å². The van der Waals surface area contributed by atoms with E-state index >= 15 is 0 Å². The molecule has 0 aliphatic carbocycles. The summed E-state index contributed by atoms with van der Waals surface area (Å²) in [5.74, 6) is 0. The van der Waals surface area contributed by atoms with Crippen LogP contribution in [0.4, 0.5) is 0 Å². The topological polar surface area (TPSA) is 61.1 Å². The van der Waals surface area contributed by atoms with Crippen molar-refractivity contribution in [3.63, 3.8) is 0 Å². The fourth-order valence-corrected chi connectivity index (χ4v) is 4.30. The molecule has 2 heterocycles. The number of benzene rings is 1. The van der Waals surface area contributed by atoms with Gasteiger partial charge in [-0.3, -0.25) is 4.79 Å². The molecule has 3 aromatic rings. The molecule has 5 nitrogen and oxygen atoms in total. The third-order valence-electron chi connectivity index (χ3n) is 3.53. The molecular weight excluding hydrogens is 368 g/mol. The van der Waals surface area contributed by atoms with Crippen molar-refractivity contribution in [3.05, 3.63) is 63.1 Å². The standard InChI is InChI=1S/C15H13BrN2O3S/c1-10-3-5-11(6-4-10)22(20,21)18-9-13(16)12-7-8-17(2)15(19)14(12)18/h3-9H,1-2H3. The van der Waals surface area contributed by atoms with Crippen LogP contribution in [0.5, 0.6) is 0 Å². The van der Waals surface area contributed by atoms with Crippen molar-refractivity contribution in [1.29, 1.82) is 0 Å². The maximum Gasteiger partial charge on any atom is 0.275 e. The van der Waals surface area contributed by atoms with Crippen molar-refractivity contribution in [2.45, 2.75) is 11.8 Å². The average molecular weight is 381 g/mol. The van der Waals surface area contributed by atoms with Gasteiger partial charge in [0.1, 0.15) is 5.52 Å². The Hall–Kier alpha value is -1.86. The van der Waals surface area contributed by atoms with E-state index in [0.717, 1.165) is 9.54 Å². The minimum absolute atomic E-state index is 0.137. The fraction of sp³-hybridized carbons (Fsp3) is 0.133. The molecule has 22 heavy (non-hydrogen) atoms. The highest BCUT2D eigenvalue weighted by Crippen LogP contribution is 2.27. The van der Waals surface area contributed by atoms with Crippen molar-refractivity contribution >= 4 is 36.9 Å². The molecule has 0 radical (unpaired) electrons. The maximum absolute atomic E-state index is 12.8. The lowest BCUT2D eigenvalue weighted by Crippen LogP contribution is -2.21. The highest BCUT2D eigenvalue weighted by molar-refractivity contribution is 9.10. The van der Waals surface area contributed by atoms with Crippen LogP contribution in [-0.2, 0) is 17.1 Å². The summed E-state index contributed by atoms with van der Waals surface area (Å²) in [6.07, 6.45) is 3.03. The number of halogens is 1. The number of hydrogen-bond donors (Lipinski definition) is 0. The number of pyridine rings is 1. The van der Waals surface area contributed by atoms with E-state index in [1.807, 2.05) is 6.92 Å². The summed E-state index contributed by atoms with van der Waals surface area (Å²) in [5.41, 5.74) is 0.741. The minimum Gasteiger partial charge on any atom is -0.317 e. The molecule has 0 bridgehead atoms. The number of aromatic nitrogens is 2. The quantitative estimate of drug-likeness (QED) is 0.686. The van der Waals surface area contributed by atoms with Gasteiger partial charge in [-0.2, -0.15) is 0 Å². The molecule has 114 valence electrons. The van der Waals surface area contributed by atoms with Gasteiger partial charge in [-0.05, 0) is 41.1 Å². The molecule has 0 amide bonds. The second-order valence-corrected chi connectivity index (χ2v) is 7.75. The molecule has 0 aliphatic heterocycles. The van der Waals surface area contributed by atoms with Gasteiger partial charge in [-0.1, -0.05) is 17.7 Å². The fourth-order valence-electron chi connectivity index (χ4n) is 2.27. The molecule has 0 aliphatic rings. The Morgan fingerprint density at radius 1 is 1.09 bits per heavy atom. The van der Waals surface area contributed by atoms with Crippen LogP contribution < -0.4 is 5.56 Å². The van der Waals surface area contributed by atoms with Gasteiger partial charge >= 0.3 is 0 Å². The van der Waals surface area contributed by atoms with Gasteiger partial charge in [0.2, 0.25) is 0 Å². The first kappa shape index (κ1) is 15.1. The SMILES string of the molecule is Cc1ccc(S(=O)(=O)n2cc(Br)c3ccn(C)c(=O)c32)cc1. The van der Waals surface area contributed by atoms with Gasteiger partial charge in [0.25, 0.3) is 15.6 Å². The van der Waals surface area contributed by atoms with Gasteiger partial charge < -0.3 is 4.57 Å². The van der Waals surface area contributed by atoms with Crippen molar-refractivity contribution in [1.82, 2.24) is 8.54 Å². The summed E-state index contributed by atoms with van der Waals surface area (Å²) < 4.78 is 28.6. The van der Waals surface area contributed by atoms with Crippen molar-refractivity contribution in [2.24, 2.45) is 7.05 Å². The number of hydrogen-bond acceptors (Lipinski definition) is 3. The molecule has 0 saturated carbocycles. The van der Waals surface area contributed by atoms with Crippen LogP contribution in [0.2, 0.25) is 0 Å². The highest BCUT2D eigenvalue weighted by atomic mass is 79.9. The normalized spacial score (nSPS) is 12.0. The molecule has 1 aromatic carbocycles. The number of rotatable bonds is 2. The molecule has 0 unspecified atom stereocenters. The van der Waals surface area contributed by atoms with E-state index in [0.29, 0.717) is 9.86 Å². The molecule has 3 rings (SSSR count). The Morgan fingerprint density at radius 3 is 2.36 bits per heavy atom. The monoisotopic (exact) mass is 380 g/mol. The highest BCUT2D eigenvalue weighted by Gasteiger charge is 2.22. The predicted molar refractivity (Wildman–Crippen MR) is 88.6 cm³/mol. The van der Waals surface area contributed by atoms with E-state index < -0.39 is 10.0 Å². The first-order valence-corrected chi connectivity index (χ1v) is 8.74. The van der Waals surface area contributed by atoms with Crippen LogP contribution in [0, 0.1) is 6.92 Å². The smallest absolute Gasteiger partial charge is 0.275 e. The van der Waals surface area contributed by atoms with Crippen LogP contribution in [-0.4, -0.2) is 17.0 Å². The van der Waals surface area contributed by atoms with Crippen molar-refractivity contribution in [2.75, 3.05) is 0 Å². The lowest BCUT2D eigenvalue weighted by molar-refractivity contribution is 0.589. The predicted octanol–water partition coefficient (Wildman–Crippen LogP) is 2.65. The third-order valence-corrected chi connectivity index (χ3v) is 5.83. The second-order valence-electron chi connectivity index (χ2n) is 5.09. The molecular formula is C15H13BrN2O3S. The summed E-state index contributed by atoms with van der Waals surface area (Å²) in [7, 11) is -2.24. The van der Waals surface area contributed by atoms with Crippen LogP contribution in [0.3, 0.4) is 0 Å². The summed E-state index contributed by atoms with van der Waals surface area (Å²) in [4.78, 5) is 12.5. The number of fused-ring (bicyclic) bond motifs is 1. The van der Waals surface area contributed by atoms with E-state index in [2.05, 4.69) is 15.9 Å². The van der Waals surface area contributed by atoms with Crippen LogP contribution >= 0.6 is 15.9 Å². The van der Waals surface area contributed by atoms with E-state index in [4.69, 9.17) is 0 Å². The first-order valence-electron chi connectivity index (χ1n) is 6.51. The Balaban J connectivity index is 2.37. The zero-order valence-electron chi connectivity index (χ0n) is 11.9. The van der Waals surface area contributed by atoms with Gasteiger partial charge in [-0.15, -0.1) is 0 Å². The molecule has 7 heteroatoms. The van der Waals surface area contributed by atoms with Crippen molar-refractivity contribution < 1.29 is 8.42 Å². The van der Waals surface area contributed by atoms with Crippen molar-refractivity contribution in [3.8, 4) is 0 Å². The van der Waals surface area contributed by atoms with Gasteiger partial charge in [0.05, 0.1) is 4.90 Å². The summed E-state index contributed by atoms with van der Waals surface area (Å²) >= 11 is 3.32. The Bertz CT molecular complexity index is 1030. The molecule has 0 fully saturated rings. The molecule has 0 atom stereocenters. The number of aryl methyl sites for hydroxylation is 2. The number of nitrogens with zero attached hydrogens (tertiary/aromatic N) is 2. The van der Waals surface area contributed by atoms with E-state index in [1.54, 1.807) is 31.4 Å². The molecule has 0 saturated heterocycles. The van der Waals surface area contributed by atoms with E-state index in [9.17, 15) is 13.2 Å². The lowest BCUT2D eigenvalue weighted by Gasteiger charge is -2.08. The molecule has 0 spiro atoms. The zero-order chi connectivity index (χ0) is 16.1. The molecule has 0 N–H and O–H groups in total. The largest absolute Gasteiger partial charge is 0.317 e. The third kappa shape index (κ3) is 2.21. The Morgan fingerprint density at radius 2 is 1.73 bits per heavy atom. The van der Waals surface area contributed by atoms with Crippen LogP contribution in [0.25, 0.3) is 10.9 Å². The average Bonchev–Trinajstić information content (AvgIpc) is 2.82. The summed E-state index contributed by atoms with van der Waals surface area (Å²) in [6, 6.07) is 8.25. The lowest BCUT2D eigenvalue weighted by atomic mass is 10.2. The first-order chi connectivity index (χ1) is 10.3. The Labute approximate surface area is 136 Å². The van der Waals surface area contributed by atoms with E-state index in [-0.39, 0.29) is 16.0 Å². The van der Waals surface area contributed by atoms with Crippen LogP contribution in [0.15, 0.2) is 56.9 Å². The van der Waals surface area contributed by atoms with Crippen LogP contribution in [0.1, 0.15) is 5.56 Å². The van der Waals surface area contributed by atoms with E-state index in [1.165, 1.54) is 22.9 Å². The second kappa shape index (κ2) is 5.10. The van der Waals surface area contributed by atoms with Gasteiger partial charge in [0.15, 0.2) is 0 Å². The Kier molecular flexibility index (Phi) is 3.49.